The summed E-state index contributed by atoms with van der Waals surface area (Å²) in [6.45, 7) is 1.12. The van der Waals surface area contributed by atoms with Crippen molar-refractivity contribution in [1.82, 2.24) is 9.97 Å². The Hall–Kier alpha value is -0.910. The lowest BCUT2D eigenvalue weighted by Gasteiger charge is -2.18. The molecule has 0 spiro atoms. The number of hydrogen-bond acceptors (Lipinski definition) is 5. The van der Waals surface area contributed by atoms with E-state index in [4.69, 9.17) is 11.6 Å². The van der Waals surface area contributed by atoms with Crippen molar-refractivity contribution in [2.45, 2.75) is 19.3 Å². The fourth-order valence-electron chi connectivity index (χ4n) is 2.81. The summed E-state index contributed by atoms with van der Waals surface area (Å²) >= 11 is 7.50. The SMILES string of the molecule is OCC1CCCC1CNc1nc(Cl)nc2sccc12. The maximum absolute atomic E-state index is 9.34. The molecule has 4 nitrogen and oxygen atoms in total. The minimum Gasteiger partial charge on any atom is -0.396 e. The predicted molar refractivity (Wildman–Crippen MR) is 78.8 cm³/mol. The van der Waals surface area contributed by atoms with Crippen LogP contribution in [-0.2, 0) is 0 Å². The van der Waals surface area contributed by atoms with Gasteiger partial charge in [-0.25, -0.2) is 9.97 Å². The van der Waals surface area contributed by atoms with Gasteiger partial charge in [-0.2, -0.15) is 0 Å². The fourth-order valence-corrected chi connectivity index (χ4v) is 3.80. The Bertz CT molecular complexity index is 574. The van der Waals surface area contributed by atoms with Gasteiger partial charge in [0, 0.05) is 13.2 Å². The monoisotopic (exact) mass is 297 g/mol. The van der Waals surface area contributed by atoms with Gasteiger partial charge in [0.15, 0.2) is 0 Å². The summed E-state index contributed by atoms with van der Waals surface area (Å²) in [5, 5.41) is 16.0. The maximum Gasteiger partial charge on any atom is 0.225 e. The van der Waals surface area contributed by atoms with Crippen LogP contribution in [0, 0.1) is 11.8 Å². The van der Waals surface area contributed by atoms with Crippen LogP contribution < -0.4 is 5.32 Å². The highest BCUT2D eigenvalue weighted by Gasteiger charge is 2.26. The molecule has 2 aromatic heterocycles. The van der Waals surface area contributed by atoms with Crippen molar-refractivity contribution in [3.05, 3.63) is 16.7 Å². The second-order valence-corrected chi connectivity index (χ2v) is 6.23. The molecule has 1 fully saturated rings. The van der Waals surface area contributed by atoms with Crippen LogP contribution in [0.15, 0.2) is 11.4 Å². The third kappa shape index (κ3) is 2.68. The summed E-state index contributed by atoms with van der Waals surface area (Å²) in [7, 11) is 0. The standard InChI is InChI=1S/C13H16ClN3OS/c14-13-16-11(10-4-5-19-12(10)17-13)15-6-8-2-1-3-9(8)7-18/h4-5,8-9,18H,1-3,6-7H2,(H,15,16,17). The molecule has 3 rings (SSSR count). The number of aliphatic hydroxyl groups is 1. The van der Waals surface area contributed by atoms with Gasteiger partial charge < -0.3 is 10.4 Å². The van der Waals surface area contributed by atoms with Gasteiger partial charge in [0.2, 0.25) is 5.28 Å². The molecule has 1 aliphatic carbocycles. The van der Waals surface area contributed by atoms with Gasteiger partial charge in [-0.3, -0.25) is 0 Å². The van der Waals surface area contributed by atoms with Gasteiger partial charge in [-0.1, -0.05) is 6.42 Å². The summed E-state index contributed by atoms with van der Waals surface area (Å²) in [5.74, 6) is 1.75. The van der Waals surface area contributed by atoms with Gasteiger partial charge in [-0.05, 0) is 47.7 Å². The third-order valence-electron chi connectivity index (χ3n) is 3.88. The zero-order chi connectivity index (χ0) is 13.2. The van der Waals surface area contributed by atoms with E-state index in [0.29, 0.717) is 11.8 Å². The smallest absolute Gasteiger partial charge is 0.225 e. The molecule has 0 amide bonds. The summed E-state index contributed by atoms with van der Waals surface area (Å²) in [6.07, 6.45) is 3.50. The van der Waals surface area contributed by atoms with Gasteiger partial charge >= 0.3 is 0 Å². The van der Waals surface area contributed by atoms with Gasteiger partial charge in [0.05, 0.1) is 5.39 Å². The molecule has 0 aliphatic heterocycles. The number of thiophene rings is 1. The third-order valence-corrected chi connectivity index (χ3v) is 4.86. The molecule has 2 aromatic rings. The van der Waals surface area contributed by atoms with Crippen LogP contribution in [0.5, 0.6) is 0 Å². The highest BCUT2D eigenvalue weighted by molar-refractivity contribution is 7.16. The van der Waals surface area contributed by atoms with E-state index in [1.54, 1.807) is 11.3 Å². The predicted octanol–water partition coefficient (Wildman–Crippen LogP) is 3.17. The first-order chi connectivity index (χ1) is 9.28. The van der Waals surface area contributed by atoms with Crippen molar-refractivity contribution < 1.29 is 5.11 Å². The Labute approximate surface area is 120 Å². The molecule has 2 atom stereocenters. The Kier molecular flexibility index (Phi) is 3.86. The van der Waals surface area contributed by atoms with Crippen LogP contribution in [0.2, 0.25) is 5.28 Å². The quantitative estimate of drug-likeness (QED) is 0.851. The molecule has 19 heavy (non-hydrogen) atoms. The number of fused-ring (bicyclic) bond motifs is 1. The first-order valence-electron chi connectivity index (χ1n) is 6.53. The molecule has 2 N–H and O–H groups in total. The molecule has 1 saturated carbocycles. The average Bonchev–Trinajstić information content (AvgIpc) is 3.03. The molecular formula is C13H16ClN3OS. The van der Waals surface area contributed by atoms with E-state index in [0.717, 1.165) is 29.0 Å². The van der Waals surface area contributed by atoms with Gasteiger partial charge in [0.25, 0.3) is 0 Å². The van der Waals surface area contributed by atoms with Crippen molar-refractivity contribution >= 4 is 39.0 Å². The first kappa shape index (κ1) is 13.1. The number of hydrogen-bond donors (Lipinski definition) is 2. The zero-order valence-corrected chi connectivity index (χ0v) is 12.0. The van der Waals surface area contributed by atoms with E-state index in [-0.39, 0.29) is 11.9 Å². The molecule has 6 heteroatoms. The van der Waals surface area contributed by atoms with Gasteiger partial charge in [0.1, 0.15) is 10.6 Å². The fraction of sp³-hybridized carbons (Fsp3) is 0.538. The van der Waals surface area contributed by atoms with E-state index in [2.05, 4.69) is 15.3 Å². The van der Waals surface area contributed by atoms with Crippen molar-refractivity contribution in [2.75, 3.05) is 18.5 Å². The second kappa shape index (κ2) is 5.61. The Morgan fingerprint density at radius 2 is 2.21 bits per heavy atom. The van der Waals surface area contributed by atoms with Gasteiger partial charge in [-0.15, -0.1) is 11.3 Å². The topological polar surface area (TPSA) is 58.0 Å². The first-order valence-corrected chi connectivity index (χ1v) is 7.79. The molecule has 2 unspecified atom stereocenters. The minimum atomic E-state index is 0.280. The summed E-state index contributed by atoms with van der Waals surface area (Å²) in [4.78, 5) is 9.38. The maximum atomic E-state index is 9.34. The van der Waals surface area contributed by atoms with E-state index in [9.17, 15) is 5.11 Å². The van der Waals surface area contributed by atoms with Crippen LogP contribution in [0.3, 0.4) is 0 Å². The lowest BCUT2D eigenvalue weighted by atomic mass is 9.97. The van der Waals surface area contributed by atoms with Crippen molar-refractivity contribution in [3.63, 3.8) is 0 Å². The number of halogens is 1. The summed E-state index contributed by atoms with van der Waals surface area (Å²) in [5.41, 5.74) is 0. The lowest BCUT2D eigenvalue weighted by Crippen LogP contribution is -2.21. The minimum absolute atomic E-state index is 0.280. The Balaban J connectivity index is 1.76. The Morgan fingerprint density at radius 1 is 1.37 bits per heavy atom. The number of rotatable bonds is 4. The van der Waals surface area contributed by atoms with Crippen LogP contribution >= 0.6 is 22.9 Å². The number of nitrogens with one attached hydrogen (secondary N) is 1. The molecule has 1 aliphatic rings. The number of aliphatic hydroxyl groups excluding tert-OH is 1. The second-order valence-electron chi connectivity index (χ2n) is 5.00. The molecule has 0 saturated heterocycles. The number of anilines is 1. The summed E-state index contributed by atoms with van der Waals surface area (Å²) in [6, 6.07) is 2.01. The number of aromatic nitrogens is 2. The molecule has 0 radical (unpaired) electrons. The molecule has 2 heterocycles. The molecular weight excluding hydrogens is 282 g/mol. The highest BCUT2D eigenvalue weighted by Crippen LogP contribution is 2.32. The summed E-state index contributed by atoms with van der Waals surface area (Å²) < 4.78 is 0. The number of nitrogens with zero attached hydrogens (tertiary/aromatic N) is 2. The van der Waals surface area contributed by atoms with E-state index in [1.807, 2.05) is 11.4 Å². The highest BCUT2D eigenvalue weighted by atomic mass is 35.5. The largest absolute Gasteiger partial charge is 0.396 e. The molecule has 0 aromatic carbocycles. The average molecular weight is 298 g/mol. The zero-order valence-electron chi connectivity index (χ0n) is 10.5. The van der Waals surface area contributed by atoms with E-state index < -0.39 is 0 Å². The van der Waals surface area contributed by atoms with Crippen molar-refractivity contribution in [2.24, 2.45) is 11.8 Å². The van der Waals surface area contributed by atoms with Crippen LogP contribution in [-0.4, -0.2) is 28.2 Å². The molecule has 0 bridgehead atoms. The van der Waals surface area contributed by atoms with Crippen LogP contribution in [0.1, 0.15) is 19.3 Å². The lowest BCUT2D eigenvalue weighted by molar-refractivity contribution is 0.199. The van der Waals surface area contributed by atoms with E-state index in [1.165, 1.54) is 12.8 Å². The van der Waals surface area contributed by atoms with Crippen LogP contribution in [0.25, 0.3) is 10.2 Å². The van der Waals surface area contributed by atoms with E-state index >= 15 is 0 Å². The Morgan fingerprint density at radius 3 is 3.05 bits per heavy atom. The van der Waals surface area contributed by atoms with Crippen molar-refractivity contribution in [1.29, 1.82) is 0 Å². The molecule has 102 valence electrons. The van der Waals surface area contributed by atoms with Crippen LogP contribution in [0.4, 0.5) is 5.82 Å². The van der Waals surface area contributed by atoms with Crippen molar-refractivity contribution in [3.8, 4) is 0 Å². The normalized spacial score (nSPS) is 23.1.